The summed E-state index contributed by atoms with van der Waals surface area (Å²) in [5.41, 5.74) is 4.83. The lowest BCUT2D eigenvalue weighted by Gasteiger charge is -2.29. The summed E-state index contributed by atoms with van der Waals surface area (Å²) in [5.74, 6) is 0. The average molecular weight is 208 g/mol. The number of primary amides is 1. The summed E-state index contributed by atoms with van der Waals surface area (Å²) >= 11 is 0. The molecule has 1 aromatic carbocycles. The molecule has 1 aromatic rings. The lowest BCUT2D eigenvalue weighted by molar-refractivity contribution is 0.0413. The lowest BCUT2D eigenvalue weighted by atomic mass is 9.92. The highest BCUT2D eigenvalue weighted by Crippen LogP contribution is 2.24. The van der Waals surface area contributed by atoms with Crippen LogP contribution in [0.3, 0.4) is 0 Å². The minimum atomic E-state index is -1.06. The van der Waals surface area contributed by atoms with Gasteiger partial charge in [-0.3, -0.25) is 0 Å². The smallest absolute Gasteiger partial charge is 0.312 e. The Morgan fingerprint density at radius 2 is 1.93 bits per heavy atom. The molecule has 0 bridgehead atoms. The van der Waals surface area contributed by atoms with E-state index < -0.39 is 17.7 Å². The van der Waals surface area contributed by atoms with Crippen molar-refractivity contribution in [3.63, 3.8) is 0 Å². The third-order valence-electron chi connectivity index (χ3n) is 2.13. The fourth-order valence-corrected chi connectivity index (χ4v) is 1.46. The second kappa shape index (κ2) is 4.31. The number of carbonyl (C=O) groups excluding carboxylic acids is 1. The van der Waals surface area contributed by atoms with Crippen LogP contribution in [0.1, 0.15) is 25.5 Å². The fourth-order valence-electron chi connectivity index (χ4n) is 1.46. The SMILES string of the molecule is CC(C)(O)[C@@H](NC(N)=O)c1ccccc1. The van der Waals surface area contributed by atoms with Gasteiger partial charge < -0.3 is 16.2 Å². The number of benzene rings is 1. The highest BCUT2D eigenvalue weighted by molar-refractivity contribution is 5.72. The van der Waals surface area contributed by atoms with Crippen LogP contribution < -0.4 is 11.1 Å². The van der Waals surface area contributed by atoms with Crippen molar-refractivity contribution in [2.24, 2.45) is 5.73 Å². The van der Waals surface area contributed by atoms with Crippen molar-refractivity contribution in [2.45, 2.75) is 25.5 Å². The van der Waals surface area contributed by atoms with E-state index in [0.29, 0.717) is 0 Å². The van der Waals surface area contributed by atoms with Crippen LogP contribution in [-0.2, 0) is 0 Å². The van der Waals surface area contributed by atoms with Gasteiger partial charge in [-0.05, 0) is 19.4 Å². The van der Waals surface area contributed by atoms with Crippen molar-refractivity contribution in [2.75, 3.05) is 0 Å². The molecule has 0 spiro atoms. The van der Waals surface area contributed by atoms with Crippen molar-refractivity contribution in [1.29, 1.82) is 0 Å². The summed E-state index contributed by atoms with van der Waals surface area (Å²) in [7, 11) is 0. The maximum Gasteiger partial charge on any atom is 0.312 e. The molecule has 2 amide bonds. The zero-order valence-corrected chi connectivity index (χ0v) is 8.90. The van der Waals surface area contributed by atoms with Crippen LogP contribution in [0.5, 0.6) is 0 Å². The van der Waals surface area contributed by atoms with E-state index in [2.05, 4.69) is 5.32 Å². The van der Waals surface area contributed by atoms with E-state index in [9.17, 15) is 9.90 Å². The zero-order valence-electron chi connectivity index (χ0n) is 8.90. The molecule has 0 aliphatic heterocycles. The highest BCUT2D eigenvalue weighted by atomic mass is 16.3. The van der Waals surface area contributed by atoms with Gasteiger partial charge in [-0.1, -0.05) is 30.3 Å². The average Bonchev–Trinajstić information content (AvgIpc) is 2.14. The maximum absolute atomic E-state index is 10.8. The molecule has 4 heteroatoms. The molecule has 0 unspecified atom stereocenters. The van der Waals surface area contributed by atoms with Gasteiger partial charge in [0.25, 0.3) is 0 Å². The molecule has 0 heterocycles. The van der Waals surface area contributed by atoms with Gasteiger partial charge >= 0.3 is 6.03 Å². The first-order valence-electron chi connectivity index (χ1n) is 4.74. The first-order chi connectivity index (χ1) is 6.91. The molecule has 0 aromatic heterocycles. The van der Waals surface area contributed by atoms with Crippen molar-refractivity contribution < 1.29 is 9.90 Å². The monoisotopic (exact) mass is 208 g/mol. The topological polar surface area (TPSA) is 75.3 Å². The van der Waals surface area contributed by atoms with Crippen LogP contribution in [-0.4, -0.2) is 16.7 Å². The van der Waals surface area contributed by atoms with Crippen LogP contribution >= 0.6 is 0 Å². The van der Waals surface area contributed by atoms with Crippen LogP contribution in [0.4, 0.5) is 4.79 Å². The van der Waals surface area contributed by atoms with Gasteiger partial charge in [0.05, 0.1) is 11.6 Å². The zero-order chi connectivity index (χ0) is 11.5. The standard InChI is InChI=1S/C11H16N2O2/c1-11(2,15)9(13-10(12)14)8-6-4-3-5-7-8/h3-7,9,15H,1-2H3,(H3,12,13,14)/t9-/m0/s1. The van der Waals surface area contributed by atoms with E-state index >= 15 is 0 Å². The molecule has 0 aliphatic carbocycles. The van der Waals surface area contributed by atoms with Gasteiger partial charge in [0, 0.05) is 0 Å². The second-order valence-corrected chi connectivity index (χ2v) is 4.01. The van der Waals surface area contributed by atoms with Gasteiger partial charge in [-0.2, -0.15) is 0 Å². The molecule has 1 atom stereocenters. The molecular weight excluding hydrogens is 192 g/mol. The summed E-state index contributed by atoms with van der Waals surface area (Å²) in [4.78, 5) is 10.8. The summed E-state index contributed by atoms with van der Waals surface area (Å²) in [6, 6.07) is 8.07. The molecule has 82 valence electrons. The molecule has 0 radical (unpaired) electrons. The molecule has 15 heavy (non-hydrogen) atoms. The van der Waals surface area contributed by atoms with E-state index in [1.807, 2.05) is 30.3 Å². The Labute approximate surface area is 89.1 Å². The molecular formula is C11H16N2O2. The molecule has 4 nitrogen and oxygen atoms in total. The molecule has 0 aliphatic rings. The summed E-state index contributed by atoms with van der Waals surface area (Å²) in [5, 5.41) is 12.4. The van der Waals surface area contributed by atoms with Crippen molar-refractivity contribution >= 4 is 6.03 Å². The first-order valence-corrected chi connectivity index (χ1v) is 4.74. The number of hydrogen-bond acceptors (Lipinski definition) is 2. The van der Waals surface area contributed by atoms with E-state index in [1.54, 1.807) is 13.8 Å². The predicted molar refractivity (Wildman–Crippen MR) is 58.2 cm³/mol. The van der Waals surface area contributed by atoms with Gasteiger partial charge in [-0.15, -0.1) is 0 Å². The Hall–Kier alpha value is -1.55. The molecule has 1 rings (SSSR count). The van der Waals surface area contributed by atoms with E-state index in [4.69, 9.17) is 5.73 Å². The Morgan fingerprint density at radius 1 is 1.40 bits per heavy atom. The number of urea groups is 1. The van der Waals surface area contributed by atoms with E-state index in [1.165, 1.54) is 0 Å². The van der Waals surface area contributed by atoms with Gasteiger partial charge in [0.2, 0.25) is 0 Å². The van der Waals surface area contributed by atoms with Crippen molar-refractivity contribution in [1.82, 2.24) is 5.32 Å². The number of rotatable bonds is 3. The van der Waals surface area contributed by atoms with Crippen molar-refractivity contribution in [3.8, 4) is 0 Å². The summed E-state index contributed by atoms with van der Waals surface area (Å²) in [6.07, 6.45) is 0. The highest BCUT2D eigenvalue weighted by Gasteiger charge is 2.28. The van der Waals surface area contributed by atoms with Gasteiger partial charge in [-0.25, -0.2) is 4.79 Å². The Kier molecular flexibility index (Phi) is 3.31. The fraction of sp³-hybridized carbons (Fsp3) is 0.364. The Balaban J connectivity index is 2.97. The quantitative estimate of drug-likeness (QED) is 0.697. The number of hydrogen-bond donors (Lipinski definition) is 3. The Bertz CT molecular complexity index is 330. The first kappa shape index (κ1) is 11.5. The molecule has 0 saturated heterocycles. The molecule has 0 saturated carbocycles. The third-order valence-corrected chi connectivity index (χ3v) is 2.13. The normalized spacial score (nSPS) is 13.3. The van der Waals surface area contributed by atoms with Crippen molar-refractivity contribution in [3.05, 3.63) is 35.9 Å². The number of nitrogens with one attached hydrogen (secondary N) is 1. The van der Waals surface area contributed by atoms with Crippen LogP contribution in [0.15, 0.2) is 30.3 Å². The third kappa shape index (κ3) is 3.25. The molecule has 0 fully saturated rings. The maximum atomic E-state index is 10.8. The summed E-state index contributed by atoms with van der Waals surface area (Å²) in [6.45, 7) is 3.25. The predicted octanol–water partition coefficient (Wildman–Crippen LogP) is 1.17. The lowest BCUT2D eigenvalue weighted by Crippen LogP contribution is -2.44. The van der Waals surface area contributed by atoms with Crippen LogP contribution in [0, 0.1) is 0 Å². The largest absolute Gasteiger partial charge is 0.388 e. The van der Waals surface area contributed by atoms with Crippen LogP contribution in [0.2, 0.25) is 0 Å². The van der Waals surface area contributed by atoms with E-state index in [0.717, 1.165) is 5.56 Å². The number of carbonyl (C=O) groups is 1. The molecule has 4 N–H and O–H groups in total. The summed E-state index contributed by atoms with van der Waals surface area (Å²) < 4.78 is 0. The van der Waals surface area contributed by atoms with E-state index in [-0.39, 0.29) is 0 Å². The van der Waals surface area contributed by atoms with Gasteiger partial charge in [0.15, 0.2) is 0 Å². The minimum Gasteiger partial charge on any atom is -0.388 e. The Morgan fingerprint density at radius 3 is 2.33 bits per heavy atom. The number of aliphatic hydroxyl groups is 1. The van der Waals surface area contributed by atoms with Gasteiger partial charge in [0.1, 0.15) is 0 Å². The second-order valence-electron chi connectivity index (χ2n) is 4.01. The number of nitrogens with two attached hydrogens (primary N) is 1. The minimum absolute atomic E-state index is 0.504. The van der Waals surface area contributed by atoms with Crippen LogP contribution in [0.25, 0.3) is 0 Å². The number of amides is 2.